The number of carbonyl (C=O) groups is 2. The van der Waals surface area contributed by atoms with Crippen molar-refractivity contribution >= 4 is 23.2 Å². The van der Waals surface area contributed by atoms with Gasteiger partial charge in [-0.05, 0) is 43.5 Å². The van der Waals surface area contributed by atoms with Crippen molar-refractivity contribution < 1.29 is 9.59 Å². The van der Waals surface area contributed by atoms with Gasteiger partial charge < -0.3 is 14.7 Å². The average molecular weight is 315 g/mol. The van der Waals surface area contributed by atoms with Gasteiger partial charge in [-0.15, -0.1) is 0 Å². The van der Waals surface area contributed by atoms with E-state index in [4.69, 9.17) is 0 Å². The minimum Gasteiger partial charge on any atom is -0.371 e. The maximum absolute atomic E-state index is 12.1. The monoisotopic (exact) mass is 315 g/mol. The molecule has 2 aliphatic rings. The van der Waals surface area contributed by atoms with E-state index in [1.54, 1.807) is 4.90 Å². The number of carbonyl (C=O) groups excluding carboxylic acids is 2. The average Bonchev–Trinajstić information content (AvgIpc) is 3.04. The molecular formula is C18H25N3O2. The molecule has 5 heteroatoms. The van der Waals surface area contributed by atoms with E-state index in [1.807, 2.05) is 31.1 Å². The highest BCUT2D eigenvalue weighted by Gasteiger charge is 2.29. The summed E-state index contributed by atoms with van der Waals surface area (Å²) in [6.45, 7) is 2.51. The zero-order valence-electron chi connectivity index (χ0n) is 14.0. The van der Waals surface area contributed by atoms with E-state index < -0.39 is 0 Å². The summed E-state index contributed by atoms with van der Waals surface area (Å²) < 4.78 is 0. The van der Waals surface area contributed by atoms with Crippen LogP contribution in [0.1, 0.15) is 25.7 Å². The van der Waals surface area contributed by atoms with Crippen LogP contribution in [-0.4, -0.2) is 50.4 Å². The predicted octanol–water partition coefficient (Wildman–Crippen LogP) is 2.12. The molecule has 0 aliphatic carbocycles. The van der Waals surface area contributed by atoms with Crippen LogP contribution in [0.25, 0.3) is 0 Å². The molecule has 0 radical (unpaired) electrons. The van der Waals surface area contributed by atoms with E-state index in [1.165, 1.54) is 0 Å². The SMILES string of the molecule is CN(C)C(=O)C1CCN(c2ccc(N3CCCCC3=O)cc2)C1. The topological polar surface area (TPSA) is 43.9 Å². The van der Waals surface area contributed by atoms with Crippen LogP contribution in [0.5, 0.6) is 0 Å². The highest BCUT2D eigenvalue weighted by molar-refractivity contribution is 5.94. The molecule has 3 rings (SSSR count). The Morgan fingerprint density at radius 3 is 2.43 bits per heavy atom. The lowest BCUT2D eigenvalue weighted by Crippen LogP contribution is -2.35. The van der Waals surface area contributed by atoms with E-state index in [0.29, 0.717) is 6.42 Å². The van der Waals surface area contributed by atoms with Gasteiger partial charge in [0.1, 0.15) is 0 Å². The first-order chi connectivity index (χ1) is 11.1. The summed E-state index contributed by atoms with van der Waals surface area (Å²) in [6.07, 6.45) is 3.64. The van der Waals surface area contributed by atoms with Gasteiger partial charge in [-0.3, -0.25) is 9.59 Å². The molecule has 0 bridgehead atoms. The minimum atomic E-state index is 0.0911. The molecule has 124 valence electrons. The molecular weight excluding hydrogens is 290 g/mol. The highest BCUT2D eigenvalue weighted by Crippen LogP contribution is 2.28. The van der Waals surface area contributed by atoms with Crippen LogP contribution in [0.15, 0.2) is 24.3 Å². The third-order valence-corrected chi connectivity index (χ3v) is 4.83. The predicted molar refractivity (Wildman–Crippen MR) is 91.7 cm³/mol. The second kappa shape index (κ2) is 6.60. The van der Waals surface area contributed by atoms with Crippen LogP contribution in [-0.2, 0) is 9.59 Å². The summed E-state index contributed by atoms with van der Waals surface area (Å²) in [6, 6.07) is 8.19. The zero-order chi connectivity index (χ0) is 16.4. The molecule has 2 fully saturated rings. The van der Waals surface area contributed by atoms with Crippen molar-refractivity contribution in [2.45, 2.75) is 25.7 Å². The maximum Gasteiger partial charge on any atom is 0.227 e. The number of hydrogen-bond donors (Lipinski definition) is 0. The van der Waals surface area contributed by atoms with Crippen molar-refractivity contribution in [1.29, 1.82) is 0 Å². The normalized spacial score (nSPS) is 21.7. The van der Waals surface area contributed by atoms with Crippen LogP contribution in [0.2, 0.25) is 0 Å². The highest BCUT2D eigenvalue weighted by atomic mass is 16.2. The number of piperidine rings is 1. The Balaban J connectivity index is 1.66. The van der Waals surface area contributed by atoms with Gasteiger partial charge in [0.05, 0.1) is 5.92 Å². The fourth-order valence-corrected chi connectivity index (χ4v) is 3.48. The van der Waals surface area contributed by atoms with E-state index in [-0.39, 0.29) is 17.7 Å². The van der Waals surface area contributed by atoms with Crippen molar-refractivity contribution in [2.75, 3.05) is 43.5 Å². The Morgan fingerprint density at radius 1 is 1.09 bits per heavy atom. The third kappa shape index (κ3) is 3.33. The molecule has 0 N–H and O–H groups in total. The summed E-state index contributed by atoms with van der Waals surface area (Å²) in [5.41, 5.74) is 2.12. The van der Waals surface area contributed by atoms with Crippen molar-refractivity contribution in [2.24, 2.45) is 5.92 Å². The molecule has 0 saturated carbocycles. The lowest BCUT2D eigenvalue weighted by molar-refractivity contribution is -0.132. The quantitative estimate of drug-likeness (QED) is 0.858. The minimum absolute atomic E-state index is 0.0911. The summed E-state index contributed by atoms with van der Waals surface area (Å²) in [7, 11) is 3.63. The second-order valence-corrected chi connectivity index (χ2v) is 6.68. The van der Waals surface area contributed by atoms with Gasteiger partial charge in [0.15, 0.2) is 0 Å². The zero-order valence-corrected chi connectivity index (χ0v) is 14.0. The van der Waals surface area contributed by atoms with Gasteiger partial charge in [-0.25, -0.2) is 0 Å². The van der Waals surface area contributed by atoms with Crippen molar-refractivity contribution in [1.82, 2.24) is 4.90 Å². The molecule has 2 saturated heterocycles. The number of anilines is 2. The van der Waals surface area contributed by atoms with Gasteiger partial charge in [-0.1, -0.05) is 0 Å². The first-order valence-corrected chi connectivity index (χ1v) is 8.43. The van der Waals surface area contributed by atoms with E-state index >= 15 is 0 Å². The molecule has 5 nitrogen and oxygen atoms in total. The summed E-state index contributed by atoms with van der Waals surface area (Å²) in [5.74, 6) is 0.526. The Hall–Kier alpha value is -2.04. The standard InChI is InChI=1S/C18H25N3O2/c1-19(2)18(23)14-10-12-20(13-14)15-6-8-16(9-7-15)21-11-4-3-5-17(21)22/h6-9,14H,3-5,10-13H2,1-2H3. The molecule has 23 heavy (non-hydrogen) atoms. The van der Waals surface area contributed by atoms with Gasteiger partial charge in [0.2, 0.25) is 11.8 Å². The molecule has 1 aromatic carbocycles. The Morgan fingerprint density at radius 2 is 1.78 bits per heavy atom. The smallest absolute Gasteiger partial charge is 0.227 e. The van der Waals surface area contributed by atoms with Crippen molar-refractivity contribution in [3.8, 4) is 0 Å². The van der Waals surface area contributed by atoms with Crippen LogP contribution >= 0.6 is 0 Å². The summed E-state index contributed by atoms with van der Waals surface area (Å²) in [5, 5.41) is 0. The van der Waals surface area contributed by atoms with Crippen molar-refractivity contribution in [3.05, 3.63) is 24.3 Å². The summed E-state index contributed by atoms with van der Waals surface area (Å²) >= 11 is 0. The van der Waals surface area contributed by atoms with E-state index in [9.17, 15) is 9.59 Å². The van der Waals surface area contributed by atoms with Gasteiger partial charge in [0.25, 0.3) is 0 Å². The first kappa shape index (κ1) is 15.8. The van der Waals surface area contributed by atoms with Gasteiger partial charge >= 0.3 is 0 Å². The Kier molecular flexibility index (Phi) is 4.55. The molecule has 2 amide bonds. The number of benzene rings is 1. The molecule has 0 spiro atoms. The van der Waals surface area contributed by atoms with Crippen LogP contribution < -0.4 is 9.80 Å². The Bertz CT molecular complexity index is 582. The third-order valence-electron chi connectivity index (χ3n) is 4.83. The van der Waals surface area contributed by atoms with Gasteiger partial charge in [-0.2, -0.15) is 0 Å². The van der Waals surface area contributed by atoms with Crippen molar-refractivity contribution in [3.63, 3.8) is 0 Å². The first-order valence-electron chi connectivity index (χ1n) is 8.43. The maximum atomic E-state index is 12.1. The number of rotatable bonds is 3. The molecule has 1 aromatic rings. The molecule has 2 aliphatic heterocycles. The van der Waals surface area contributed by atoms with E-state index in [0.717, 1.165) is 50.3 Å². The van der Waals surface area contributed by atoms with Crippen LogP contribution in [0.3, 0.4) is 0 Å². The number of amides is 2. The van der Waals surface area contributed by atoms with E-state index in [2.05, 4.69) is 17.0 Å². The molecule has 1 atom stereocenters. The fraction of sp³-hybridized carbons (Fsp3) is 0.556. The number of hydrogen-bond acceptors (Lipinski definition) is 3. The largest absolute Gasteiger partial charge is 0.371 e. The lowest BCUT2D eigenvalue weighted by atomic mass is 10.1. The number of nitrogens with zero attached hydrogens (tertiary/aromatic N) is 3. The van der Waals surface area contributed by atoms with Crippen LogP contribution in [0, 0.1) is 5.92 Å². The van der Waals surface area contributed by atoms with Crippen LogP contribution in [0.4, 0.5) is 11.4 Å². The molecule has 2 heterocycles. The summed E-state index contributed by atoms with van der Waals surface area (Å²) in [4.78, 5) is 29.9. The lowest BCUT2D eigenvalue weighted by Gasteiger charge is -2.27. The second-order valence-electron chi connectivity index (χ2n) is 6.68. The fourth-order valence-electron chi connectivity index (χ4n) is 3.48. The molecule has 1 unspecified atom stereocenters. The Labute approximate surface area is 137 Å². The molecule has 0 aromatic heterocycles. The van der Waals surface area contributed by atoms with Gasteiger partial charge in [0, 0.05) is 51.5 Å².